The highest BCUT2D eigenvalue weighted by Crippen LogP contribution is 2.29. The Morgan fingerprint density at radius 3 is 2.48 bits per heavy atom. The molecule has 0 bridgehead atoms. The molecule has 0 fully saturated rings. The topological polar surface area (TPSA) is 135 Å². The number of fused-ring (bicyclic) bond motifs is 1. The van der Waals surface area contributed by atoms with Gasteiger partial charge in [0, 0.05) is 22.9 Å². The van der Waals surface area contributed by atoms with Crippen molar-refractivity contribution < 1.29 is 28.6 Å². The van der Waals surface area contributed by atoms with Crippen molar-refractivity contribution in [2.75, 3.05) is 19.1 Å². The number of carboxylic acid groups (broad SMARTS) is 1. The first kappa shape index (κ1) is 26.2. The lowest BCUT2D eigenvalue weighted by molar-refractivity contribution is -0.141. The number of nitrogens with one attached hydrogen (secondary N) is 2. The first-order chi connectivity index (χ1) is 15.6. The number of aryl methyl sites for hydroxylation is 2. The normalized spacial score (nSPS) is 12.8. The second kappa shape index (κ2) is 11.7. The van der Waals surface area contributed by atoms with Crippen LogP contribution in [0.1, 0.15) is 36.5 Å². The smallest absolute Gasteiger partial charge is 0.339 e. The molecule has 1 heterocycles. The molecule has 0 saturated heterocycles. The van der Waals surface area contributed by atoms with Crippen LogP contribution in [0, 0.1) is 13.8 Å². The van der Waals surface area contributed by atoms with E-state index < -0.39 is 35.5 Å². The van der Waals surface area contributed by atoms with E-state index >= 15 is 0 Å². The summed E-state index contributed by atoms with van der Waals surface area (Å²) in [5, 5.41) is 14.8. The number of hydrogen-bond donors (Lipinski definition) is 3. The number of carbonyl (C=O) groups excluding carboxylic acids is 2. The number of ether oxygens (including phenoxy) is 1. The number of hydrogen-bond acceptors (Lipinski definition) is 7. The predicted molar refractivity (Wildman–Crippen MR) is 127 cm³/mol. The van der Waals surface area contributed by atoms with Crippen LogP contribution in [0.4, 0.5) is 0 Å². The van der Waals surface area contributed by atoms with Gasteiger partial charge in [0.2, 0.25) is 11.8 Å². The molecule has 180 valence electrons. The summed E-state index contributed by atoms with van der Waals surface area (Å²) in [4.78, 5) is 48.6. The number of carboxylic acids is 1. The Bertz CT molecular complexity index is 1100. The molecule has 2 aromatic rings. The van der Waals surface area contributed by atoms with E-state index in [0.717, 1.165) is 16.5 Å². The Hall–Kier alpha value is -3.01. The zero-order valence-electron chi connectivity index (χ0n) is 19.4. The molecule has 0 aliphatic carbocycles. The molecule has 0 aliphatic rings. The number of amides is 2. The van der Waals surface area contributed by atoms with Gasteiger partial charge in [-0.25, -0.2) is 4.79 Å². The van der Waals surface area contributed by atoms with Gasteiger partial charge in [0.25, 0.3) is 0 Å². The van der Waals surface area contributed by atoms with Crippen LogP contribution in [0.2, 0.25) is 0 Å². The fourth-order valence-corrected chi connectivity index (χ4v) is 3.94. The molecule has 10 heteroatoms. The highest BCUT2D eigenvalue weighted by Gasteiger charge is 2.24. The average Bonchev–Trinajstić information content (AvgIpc) is 2.77. The maximum absolute atomic E-state index is 12.6. The lowest BCUT2D eigenvalue weighted by Gasteiger charge is -2.20. The van der Waals surface area contributed by atoms with Crippen LogP contribution in [0.5, 0.6) is 5.75 Å². The number of benzene rings is 1. The molecule has 1 aromatic carbocycles. The van der Waals surface area contributed by atoms with Crippen LogP contribution in [-0.4, -0.2) is 54.1 Å². The summed E-state index contributed by atoms with van der Waals surface area (Å²) in [5.41, 5.74) is 1.78. The number of aliphatic carboxylic acids is 1. The molecule has 0 aliphatic heterocycles. The second-order valence-electron chi connectivity index (χ2n) is 7.73. The standard InChI is InChI=1S/C23H30N2O7S/c1-12-15-6-8-18(31-4)13(2)20(15)32-23(30)16(12)7-9-19(26)25-17(10-11-33-5)21(27)24-14(3)22(28)29/h6,8,14,17H,7,9-11H2,1-5H3,(H,24,27)(H,25,26)(H,28,29)/t14-,17-/m1/s1. The summed E-state index contributed by atoms with van der Waals surface area (Å²) >= 11 is 1.51. The molecule has 33 heavy (non-hydrogen) atoms. The van der Waals surface area contributed by atoms with Crippen LogP contribution in [0.15, 0.2) is 21.3 Å². The molecule has 1 aromatic heterocycles. The van der Waals surface area contributed by atoms with Crippen LogP contribution in [0.25, 0.3) is 11.0 Å². The van der Waals surface area contributed by atoms with Gasteiger partial charge in [-0.3, -0.25) is 14.4 Å². The summed E-state index contributed by atoms with van der Waals surface area (Å²) in [6.07, 6.45) is 2.34. The molecule has 0 spiro atoms. The SMILES string of the molecule is COc1ccc2c(C)c(CCC(=O)N[C@H](CCSC)C(=O)N[C@H](C)C(=O)O)c(=O)oc2c1C. The van der Waals surface area contributed by atoms with Crippen molar-refractivity contribution in [3.63, 3.8) is 0 Å². The van der Waals surface area contributed by atoms with E-state index in [1.54, 1.807) is 20.1 Å². The van der Waals surface area contributed by atoms with Gasteiger partial charge in [-0.15, -0.1) is 0 Å². The van der Waals surface area contributed by atoms with Gasteiger partial charge in [0.05, 0.1) is 7.11 Å². The summed E-state index contributed by atoms with van der Waals surface area (Å²) in [6, 6.07) is 1.68. The monoisotopic (exact) mass is 478 g/mol. The molecular formula is C23H30N2O7S. The minimum atomic E-state index is -1.16. The molecule has 2 amide bonds. The highest BCUT2D eigenvalue weighted by molar-refractivity contribution is 7.98. The van der Waals surface area contributed by atoms with Gasteiger partial charge in [0.1, 0.15) is 23.4 Å². The Labute approximate surface area is 196 Å². The largest absolute Gasteiger partial charge is 0.496 e. The van der Waals surface area contributed by atoms with E-state index in [9.17, 15) is 19.2 Å². The zero-order valence-corrected chi connectivity index (χ0v) is 20.3. The minimum Gasteiger partial charge on any atom is -0.496 e. The van der Waals surface area contributed by atoms with Crippen molar-refractivity contribution in [2.45, 2.75) is 52.1 Å². The van der Waals surface area contributed by atoms with Gasteiger partial charge in [-0.05, 0) is 63.3 Å². The first-order valence-corrected chi connectivity index (χ1v) is 11.9. The summed E-state index contributed by atoms with van der Waals surface area (Å²) < 4.78 is 10.8. The molecule has 9 nitrogen and oxygen atoms in total. The molecule has 0 radical (unpaired) electrons. The van der Waals surface area contributed by atoms with Crippen molar-refractivity contribution in [2.24, 2.45) is 0 Å². The zero-order chi connectivity index (χ0) is 24.7. The fourth-order valence-electron chi connectivity index (χ4n) is 3.47. The summed E-state index contributed by atoms with van der Waals surface area (Å²) in [6.45, 7) is 4.97. The van der Waals surface area contributed by atoms with Crippen molar-refractivity contribution >= 4 is 40.5 Å². The maximum atomic E-state index is 12.6. The number of methoxy groups -OCH3 is 1. The molecule has 3 N–H and O–H groups in total. The third kappa shape index (κ3) is 6.50. The van der Waals surface area contributed by atoms with E-state index in [1.807, 2.05) is 19.2 Å². The molecule has 2 rings (SSSR count). The quantitative estimate of drug-likeness (QED) is 0.418. The van der Waals surface area contributed by atoms with Crippen LogP contribution in [-0.2, 0) is 20.8 Å². The lowest BCUT2D eigenvalue weighted by atomic mass is 10.00. The number of rotatable bonds is 11. The molecule has 2 atom stereocenters. The Morgan fingerprint density at radius 2 is 1.88 bits per heavy atom. The molecule has 0 saturated carbocycles. The van der Waals surface area contributed by atoms with Crippen molar-refractivity contribution in [1.29, 1.82) is 0 Å². The van der Waals surface area contributed by atoms with E-state index in [0.29, 0.717) is 29.1 Å². The Kier molecular flexibility index (Phi) is 9.33. The van der Waals surface area contributed by atoms with E-state index in [2.05, 4.69) is 10.6 Å². The maximum Gasteiger partial charge on any atom is 0.339 e. The average molecular weight is 479 g/mol. The number of thioether (sulfide) groups is 1. The van der Waals surface area contributed by atoms with Crippen LogP contribution >= 0.6 is 11.8 Å². The van der Waals surface area contributed by atoms with Gasteiger partial charge in [-0.2, -0.15) is 11.8 Å². The van der Waals surface area contributed by atoms with Gasteiger partial charge in [-0.1, -0.05) is 0 Å². The predicted octanol–water partition coefficient (Wildman–Crippen LogP) is 2.18. The van der Waals surface area contributed by atoms with Gasteiger partial charge in [0.15, 0.2) is 0 Å². The summed E-state index contributed by atoms with van der Waals surface area (Å²) in [7, 11) is 1.54. The third-order valence-corrected chi connectivity index (χ3v) is 6.11. The minimum absolute atomic E-state index is 0.0240. The Balaban J connectivity index is 2.15. The van der Waals surface area contributed by atoms with Crippen molar-refractivity contribution in [1.82, 2.24) is 10.6 Å². The first-order valence-electron chi connectivity index (χ1n) is 10.5. The van der Waals surface area contributed by atoms with Crippen LogP contribution in [0.3, 0.4) is 0 Å². The van der Waals surface area contributed by atoms with E-state index in [4.69, 9.17) is 14.3 Å². The van der Waals surface area contributed by atoms with Crippen LogP contribution < -0.4 is 21.0 Å². The Morgan fingerprint density at radius 1 is 1.18 bits per heavy atom. The van der Waals surface area contributed by atoms with Crippen molar-refractivity contribution in [3.05, 3.63) is 39.2 Å². The molecular weight excluding hydrogens is 448 g/mol. The fraction of sp³-hybridized carbons (Fsp3) is 0.478. The lowest BCUT2D eigenvalue weighted by Crippen LogP contribution is -2.51. The summed E-state index contributed by atoms with van der Waals surface area (Å²) in [5.74, 6) is -0.911. The van der Waals surface area contributed by atoms with Crippen molar-refractivity contribution in [3.8, 4) is 5.75 Å². The number of carbonyl (C=O) groups is 3. The van der Waals surface area contributed by atoms with Gasteiger partial charge >= 0.3 is 11.6 Å². The van der Waals surface area contributed by atoms with Gasteiger partial charge < -0.3 is 24.9 Å². The van der Waals surface area contributed by atoms with E-state index in [1.165, 1.54) is 18.7 Å². The second-order valence-corrected chi connectivity index (χ2v) is 8.72. The van der Waals surface area contributed by atoms with E-state index in [-0.39, 0.29) is 12.8 Å². The molecule has 0 unspecified atom stereocenters. The third-order valence-electron chi connectivity index (χ3n) is 5.47. The highest BCUT2D eigenvalue weighted by atomic mass is 32.2.